The van der Waals surface area contributed by atoms with Gasteiger partial charge in [0.15, 0.2) is 6.10 Å². The Balaban J connectivity index is 4.73. The van der Waals surface area contributed by atoms with Crippen LogP contribution in [0.25, 0.3) is 0 Å². The van der Waals surface area contributed by atoms with Crippen molar-refractivity contribution in [1.82, 2.24) is 0 Å². The van der Waals surface area contributed by atoms with Gasteiger partial charge in [-0.15, -0.1) is 0 Å². The number of rotatable bonds is 52. The van der Waals surface area contributed by atoms with Gasteiger partial charge >= 0.3 is 25.7 Å². The maximum Gasteiger partial charge on any atom is 0.472 e. The lowest BCUT2D eigenvalue weighted by molar-refractivity contribution is -0.161. The highest BCUT2D eigenvalue weighted by atomic mass is 31.2. The summed E-state index contributed by atoms with van der Waals surface area (Å²) in [6.07, 6.45) is 56.3. The molecule has 0 fully saturated rings. The summed E-state index contributed by atoms with van der Waals surface area (Å²) in [6, 6.07) is 0. The highest BCUT2D eigenvalue weighted by molar-refractivity contribution is 7.47. The molecule has 0 saturated heterocycles. The van der Waals surface area contributed by atoms with Gasteiger partial charge in [0.05, 0.1) is 19.8 Å². The van der Waals surface area contributed by atoms with Crippen LogP contribution in [-0.2, 0) is 42.2 Å². The number of unbranched alkanes of at least 4 members (excludes halogenated alkanes) is 25. The van der Waals surface area contributed by atoms with Gasteiger partial charge in [-0.05, 0) is 70.6 Å². The van der Waals surface area contributed by atoms with Crippen LogP contribution >= 0.6 is 7.82 Å². The fraction of sp³-hybridized carbons (Fsp3) is 0.776. The topological polar surface area (TPSA) is 155 Å². The number of phosphoric ester groups is 1. The maximum atomic E-state index is 12.9. The van der Waals surface area contributed by atoms with Crippen LogP contribution in [0.5, 0.6) is 0 Å². The van der Waals surface area contributed by atoms with E-state index in [1.165, 1.54) is 128 Å². The fourth-order valence-electron chi connectivity index (χ4n) is 7.66. The smallest absolute Gasteiger partial charge is 0.462 e. The Bertz CT molecular complexity index is 1410. The van der Waals surface area contributed by atoms with Gasteiger partial charge in [-0.25, -0.2) is 4.57 Å². The maximum absolute atomic E-state index is 12.9. The Morgan fingerprint density at radius 1 is 0.414 bits per heavy atom. The number of esters is 3. The van der Waals surface area contributed by atoms with Crippen LogP contribution in [0, 0.1) is 0 Å². The van der Waals surface area contributed by atoms with Crippen molar-refractivity contribution < 1.29 is 52.2 Å². The van der Waals surface area contributed by atoms with E-state index in [0.29, 0.717) is 19.3 Å². The molecule has 0 aromatic heterocycles. The number of aliphatic hydroxyl groups is 1. The van der Waals surface area contributed by atoms with Gasteiger partial charge in [-0.2, -0.15) is 0 Å². The van der Waals surface area contributed by atoms with Crippen LogP contribution in [-0.4, -0.2) is 66.5 Å². The monoisotopic (exact) mass is 1010 g/mol. The SMILES string of the molecule is CC/C=C\C/C=C\C/C=C\C/C=C\CCC(=O)OC(CO)COP(=O)(O)OCC(COC(=O)CCCCCCCCCCCCC)OC(=O)CCCCCCCCCCC/C=C\CCCCCCCC. The first-order chi connectivity index (χ1) is 34.2. The molecule has 3 unspecified atom stereocenters. The number of ether oxygens (including phenoxy) is 3. The predicted octanol–water partition coefficient (Wildman–Crippen LogP) is 16.4. The summed E-state index contributed by atoms with van der Waals surface area (Å²) in [7, 11) is -4.76. The number of carbonyl (C=O) groups excluding carboxylic acids is 3. The molecule has 12 heteroatoms. The normalized spacial score (nSPS) is 13.8. The quantitative estimate of drug-likeness (QED) is 0.0197. The Hall–Kier alpha value is -2.82. The van der Waals surface area contributed by atoms with Crippen LogP contribution in [0.15, 0.2) is 60.8 Å². The summed E-state index contributed by atoms with van der Waals surface area (Å²) in [5.74, 6) is -1.54. The zero-order valence-corrected chi connectivity index (χ0v) is 45.6. The van der Waals surface area contributed by atoms with Crippen molar-refractivity contribution in [3.05, 3.63) is 60.8 Å². The number of phosphoric acid groups is 1. The summed E-state index contributed by atoms with van der Waals surface area (Å²) < 4.78 is 39.4. The molecular weight excluding hydrogens is 904 g/mol. The summed E-state index contributed by atoms with van der Waals surface area (Å²) in [5.41, 5.74) is 0. The molecule has 0 amide bonds. The minimum Gasteiger partial charge on any atom is -0.462 e. The van der Waals surface area contributed by atoms with Crippen molar-refractivity contribution in [2.24, 2.45) is 0 Å². The third kappa shape index (κ3) is 50.1. The Labute approximate surface area is 427 Å². The van der Waals surface area contributed by atoms with Gasteiger partial charge in [0.1, 0.15) is 12.7 Å². The van der Waals surface area contributed by atoms with Crippen molar-refractivity contribution in [2.75, 3.05) is 26.4 Å². The second kappa shape index (κ2) is 52.5. The van der Waals surface area contributed by atoms with Crippen molar-refractivity contribution in [1.29, 1.82) is 0 Å². The van der Waals surface area contributed by atoms with E-state index in [2.05, 4.69) is 69.4 Å². The molecule has 0 aliphatic heterocycles. The standard InChI is InChI=1S/C58H103O11P/c1-4-7-10-13-16-19-22-24-25-26-27-28-29-31-34-37-40-43-46-49-58(62)69-55(51-65-56(60)47-44-41-38-35-32-21-18-15-12-9-6-3)53-67-70(63,64)66-52-54(50-59)68-57(61)48-45-42-39-36-33-30-23-20-17-14-11-8-5-2/h8,11,17,20,24-25,30,33,39,42,54-55,59H,4-7,9-10,12-16,18-19,21-23,26-29,31-32,34-38,40-41,43-53H2,1-3H3,(H,63,64)/b11-8-,20-17-,25-24-,33-30-,42-39-. The molecule has 0 aliphatic carbocycles. The highest BCUT2D eigenvalue weighted by Gasteiger charge is 2.28. The summed E-state index contributed by atoms with van der Waals surface area (Å²) in [5, 5.41) is 9.77. The van der Waals surface area contributed by atoms with Gasteiger partial charge in [-0.1, -0.05) is 223 Å². The van der Waals surface area contributed by atoms with Gasteiger partial charge < -0.3 is 24.2 Å². The molecule has 11 nitrogen and oxygen atoms in total. The van der Waals surface area contributed by atoms with E-state index in [1.54, 1.807) is 0 Å². The van der Waals surface area contributed by atoms with Crippen molar-refractivity contribution in [3.63, 3.8) is 0 Å². The number of aliphatic hydroxyl groups excluding tert-OH is 1. The molecule has 2 N–H and O–H groups in total. The molecule has 0 aromatic rings. The van der Waals surface area contributed by atoms with E-state index in [1.807, 2.05) is 12.2 Å². The molecule has 0 aliphatic rings. The van der Waals surface area contributed by atoms with E-state index < -0.39 is 57.8 Å². The van der Waals surface area contributed by atoms with Crippen molar-refractivity contribution in [2.45, 2.75) is 264 Å². The van der Waals surface area contributed by atoms with Crippen molar-refractivity contribution in [3.8, 4) is 0 Å². The average molecular weight is 1010 g/mol. The molecule has 0 spiro atoms. The number of carbonyl (C=O) groups is 3. The molecule has 0 rings (SSSR count). The van der Waals surface area contributed by atoms with E-state index in [0.717, 1.165) is 64.2 Å². The molecule has 0 bridgehead atoms. The zero-order valence-electron chi connectivity index (χ0n) is 44.7. The predicted molar refractivity (Wildman–Crippen MR) is 288 cm³/mol. The molecule has 0 saturated carbocycles. The van der Waals surface area contributed by atoms with Crippen LogP contribution in [0.3, 0.4) is 0 Å². The summed E-state index contributed by atoms with van der Waals surface area (Å²) in [6.45, 7) is 4.45. The summed E-state index contributed by atoms with van der Waals surface area (Å²) in [4.78, 5) is 48.4. The lowest BCUT2D eigenvalue weighted by Crippen LogP contribution is -2.30. The third-order valence-electron chi connectivity index (χ3n) is 11.9. The largest absolute Gasteiger partial charge is 0.472 e. The van der Waals surface area contributed by atoms with E-state index in [9.17, 15) is 28.9 Å². The van der Waals surface area contributed by atoms with E-state index in [4.69, 9.17) is 23.3 Å². The van der Waals surface area contributed by atoms with Crippen LogP contribution in [0.1, 0.15) is 252 Å². The second-order valence-electron chi connectivity index (χ2n) is 18.7. The molecule has 3 atom stereocenters. The Morgan fingerprint density at radius 2 is 0.771 bits per heavy atom. The molecule has 0 heterocycles. The first-order valence-corrected chi connectivity index (χ1v) is 29.7. The Kier molecular flexibility index (Phi) is 50.4. The minimum absolute atomic E-state index is 0.0564. The molecule has 0 radical (unpaired) electrons. The number of hydrogen-bond acceptors (Lipinski definition) is 10. The first-order valence-electron chi connectivity index (χ1n) is 28.2. The minimum atomic E-state index is -4.76. The second-order valence-corrected chi connectivity index (χ2v) is 20.2. The van der Waals surface area contributed by atoms with E-state index in [-0.39, 0.29) is 25.9 Å². The molecular formula is C58H103O11P. The fourth-order valence-corrected chi connectivity index (χ4v) is 8.44. The molecule has 0 aromatic carbocycles. The molecule has 70 heavy (non-hydrogen) atoms. The number of hydrogen-bond donors (Lipinski definition) is 2. The third-order valence-corrected chi connectivity index (χ3v) is 12.9. The van der Waals surface area contributed by atoms with E-state index >= 15 is 0 Å². The Morgan fingerprint density at radius 3 is 1.23 bits per heavy atom. The van der Waals surface area contributed by atoms with Gasteiger partial charge in [0.2, 0.25) is 0 Å². The average Bonchev–Trinajstić information content (AvgIpc) is 3.35. The lowest BCUT2D eigenvalue weighted by Gasteiger charge is -2.21. The first kappa shape index (κ1) is 67.2. The van der Waals surface area contributed by atoms with Gasteiger partial charge in [-0.3, -0.25) is 23.4 Å². The zero-order chi connectivity index (χ0) is 51.3. The van der Waals surface area contributed by atoms with Crippen molar-refractivity contribution >= 4 is 25.7 Å². The summed E-state index contributed by atoms with van der Waals surface area (Å²) >= 11 is 0. The molecule has 406 valence electrons. The van der Waals surface area contributed by atoms with Crippen LogP contribution in [0.4, 0.5) is 0 Å². The van der Waals surface area contributed by atoms with Gasteiger partial charge in [0.25, 0.3) is 0 Å². The van der Waals surface area contributed by atoms with Crippen LogP contribution < -0.4 is 0 Å². The van der Waals surface area contributed by atoms with Crippen LogP contribution in [0.2, 0.25) is 0 Å². The highest BCUT2D eigenvalue weighted by Crippen LogP contribution is 2.43. The number of allylic oxidation sites excluding steroid dienone is 10. The lowest BCUT2D eigenvalue weighted by atomic mass is 10.1. The van der Waals surface area contributed by atoms with Gasteiger partial charge in [0, 0.05) is 19.3 Å².